The number of phenols is 1. The van der Waals surface area contributed by atoms with Gasteiger partial charge in [0.15, 0.2) is 0 Å². The molecule has 0 aliphatic heterocycles. The van der Waals surface area contributed by atoms with E-state index in [2.05, 4.69) is 16.3 Å². The van der Waals surface area contributed by atoms with Crippen LogP contribution in [0.2, 0.25) is 5.02 Å². The number of aromatic hydroxyl groups is 1. The summed E-state index contributed by atoms with van der Waals surface area (Å²) in [6.07, 6.45) is 3.15. The van der Waals surface area contributed by atoms with Crippen molar-refractivity contribution in [1.29, 1.82) is 5.26 Å². The molecule has 0 unspecified atom stereocenters. The van der Waals surface area contributed by atoms with Crippen molar-refractivity contribution < 1.29 is 5.11 Å². The predicted molar refractivity (Wildman–Crippen MR) is 85.9 cm³/mol. The van der Waals surface area contributed by atoms with Crippen LogP contribution in [0.1, 0.15) is 11.1 Å². The third kappa shape index (κ3) is 3.25. The quantitative estimate of drug-likeness (QED) is 0.798. The number of phenolic OH excluding ortho intramolecular Hbond substituents is 1. The fourth-order valence-electron chi connectivity index (χ4n) is 2.16. The Morgan fingerprint density at radius 2 is 1.83 bits per heavy atom. The summed E-state index contributed by atoms with van der Waals surface area (Å²) in [5.41, 5.74) is 2.27. The number of nitriles is 1. The first-order valence-corrected chi connectivity index (χ1v) is 7.15. The summed E-state index contributed by atoms with van der Waals surface area (Å²) in [7, 11) is 0. The summed E-state index contributed by atoms with van der Waals surface area (Å²) < 4.78 is 1.73. The number of halogens is 1. The lowest BCUT2D eigenvalue weighted by Crippen LogP contribution is -2.27. The van der Waals surface area contributed by atoms with Crippen LogP contribution >= 0.6 is 11.6 Å². The number of hydrogen-bond acceptors (Lipinski definition) is 5. The summed E-state index contributed by atoms with van der Waals surface area (Å²) in [5.74, 6) is 0.118. The Hall–Kier alpha value is -3.04. The molecule has 6 nitrogen and oxygen atoms in total. The van der Waals surface area contributed by atoms with Crippen LogP contribution in [0.3, 0.4) is 0 Å². The molecular formula is C16H12ClN5O. The number of anilines is 1. The highest BCUT2D eigenvalue weighted by molar-refractivity contribution is 6.31. The summed E-state index contributed by atoms with van der Waals surface area (Å²) in [6.45, 7) is 0.447. The Labute approximate surface area is 137 Å². The van der Waals surface area contributed by atoms with Crippen molar-refractivity contribution in [2.45, 2.75) is 6.54 Å². The van der Waals surface area contributed by atoms with Crippen molar-refractivity contribution in [2.24, 2.45) is 0 Å². The molecule has 0 aliphatic carbocycles. The first-order chi connectivity index (χ1) is 11.2. The molecule has 0 saturated carbocycles. The first-order valence-electron chi connectivity index (χ1n) is 6.77. The van der Waals surface area contributed by atoms with E-state index in [0.29, 0.717) is 17.1 Å². The summed E-state index contributed by atoms with van der Waals surface area (Å²) in [5, 5.41) is 28.4. The number of benzene rings is 2. The van der Waals surface area contributed by atoms with Crippen LogP contribution in [0.25, 0.3) is 0 Å². The van der Waals surface area contributed by atoms with E-state index in [1.54, 1.807) is 41.6 Å². The van der Waals surface area contributed by atoms with Gasteiger partial charge < -0.3 is 5.11 Å². The van der Waals surface area contributed by atoms with Gasteiger partial charge in [-0.25, -0.2) is 4.68 Å². The van der Waals surface area contributed by atoms with Crippen LogP contribution in [0.15, 0.2) is 55.1 Å². The van der Waals surface area contributed by atoms with E-state index in [1.165, 1.54) is 6.07 Å². The second kappa shape index (κ2) is 6.38. The molecule has 1 aromatic heterocycles. The highest BCUT2D eigenvalue weighted by Crippen LogP contribution is 2.25. The third-order valence-electron chi connectivity index (χ3n) is 3.34. The van der Waals surface area contributed by atoms with E-state index in [4.69, 9.17) is 16.9 Å². The van der Waals surface area contributed by atoms with Gasteiger partial charge in [0, 0.05) is 5.02 Å². The van der Waals surface area contributed by atoms with Crippen LogP contribution in [-0.4, -0.2) is 20.0 Å². The number of aromatic nitrogens is 3. The van der Waals surface area contributed by atoms with Gasteiger partial charge in [-0.1, -0.05) is 17.7 Å². The second-order valence-corrected chi connectivity index (χ2v) is 5.24. The predicted octanol–water partition coefficient (Wildman–Crippen LogP) is 2.98. The Bertz CT molecular complexity index is 840. The molecular weight excluding hydrogens is 314 g/mol. The maximum Gasteiger partial charge on any atom is 0.139 e. The smallest absolute Gasteiger partial charge is 0.139 e. The van der Waals surface area contributed by atoms with Crippen molar-refractivity contribution in [2.75, 3.05) is 5.01 Å². The van der Waals surface area contributed by atoms with Crippen LogP contribution in [0, 0.1) is 11.3 Å². The minimum Gasteiger partial charge on any atom is -0.508 e. The molecule has 0 amide bonds. The monoisotopic (exact) mass is 325 g/mol. The van der Waals surface area contributed by atoms with Gasteiger partial charge in [0.25, 0.3) is 0 Å². The molecule has 7 heteroatoms. The molecule has 0 radical (unpaired) electrons. The van der Waals surface area contributed by atoms with Crippen molar-refractivity contribution in [3.63, 3.8) is 0 Å². The highest BCUT2D eigenvalue weighted by atomic mass is 35.5. The van der Waals surface area contributed by atoms with Gasteiger partial charge in [-0.3, -0.25) is 5.01 Å². The minimum atomic E-state index is 0.118. The van der Waals surface area contributed by atoms with E-state index in [0.717, 1.165) is 11.3 Å². The molecule has 3 rings (SSSR count). The van der Waals surface area contributed by atoms with Gasteiger partial charge in [0.2, 0.25) is 0 Å². The molecule has 0 saturated heterocycles. The Balaban J connectivity index is 1.97. The SMILES string of the molecule is N#Cc1ccc(N(Cc2ccc(O)cc2Cl)n2cnnc2)cc1. The molecule has 0 spiro atoms. The molecule has 0 aliphatic rings. The lowest BCUT2D eigenvalue weighted by Gasteiger charge is -2.25. The average molecular weight is 326 g/mol. The van der Waals surface area contributed by atoms with Gasteiger partial charge in [-0.2, -0.15) is 5.26 Å². The number of nitrogens with zero attached hydrogens (tertiary/aromatic N) is 5. The first kappa shape index (κ1) is 14.9. The molecule has 2 aromatic carbocycles. The molecule has 0 fully saturated rings. The Morgan fingerprint density at radius 3 is 2.43 bits per heavy atom. The van der Waals surface area contributed by atoms with E-state index in [1.807, 2.05) is 17.1 Å². The highest BCUT2D eigenvalue weighted by Gasteiger charge is 2.12. The van der Waals surface area contributed by atoms with Gasteiger partial charge in [-0.15, -0.1) is 10.2 Å². The number of rotatable bonds is 4. The van der Waals surface area contributed by atoms with Crippen LogP contribution in [0.5, 0.6) is 5.75 Å². The zero-order valence-electron chi connectivity index (χ0n) is 12.0. The normalized spacial score (nSPS) is 10.3. The van der Waals surface area contributed by atoms with E-state index < -0.39 is 0 Å². The fourth-order valence-corrected chi connectivity index (χ4v) is 2.39. The van der Waals surface area contributed by atoms with Crippen molar-refractivity contribution >= 4 is 17.3 Å². The molecule has 1 heterocycles. The van der Waals surface area contributed by atoms with Gasteiger partial charge >= 0.3 is 0 Å². The van der Waals surface area contributed by atoms with Gasteiger partial charge in [-0.05, 0) is 42.0 Å². The van der Waals surface area contributed by atoms with Crippen molar-refractivity contribution in [3.05, 3.63) is 71.3 Å². The largest absolute Gasteiger partial charge is 0.508 e. The average Bonchev–Trinajstić information content (AvgIpc) is 3.08. The molecule has 3 aromatic rings. The van der Waals surface area contributed by atoms with Crippen molar-refractivity contribution in [1.82, 2.24) is 14.9 Å². The maximum absolute atomic E-state index is 9.48. The summed E-state index contributed by atoms with van der Waals surface area (Å²) >= 11 is 6.20. The Morgan fingerprint density at radius 1 is 1.13 bits per heavy atom. The van der Waals surface area contributed by atoms with E-state index >= 15 is 0 Å². The van der Waals surface area contributed by atoms with Crippen LogP contribution in [-0.2, 0) is 6.54 Å². The molecule has 0 bridgehead atoms. The second-order valence-electron chi connectivity index (χ2n) is 4.83. The molecule has 23 heavy (non-hydrogen) atoms. The van der Waals surface area contributed by atoms with Crippen LogP contribution < -0.4 is 5.01 Å². The standard InChI is InChI=1S/C16H12ClN5O/c17-16-7-15(23)6-3-13(16)9-22(21-10-19-20-11-21)14-4-1-12(8-18)2-5-14/h1-7,10-11,23H,9H2. The van der Waals surface area contributed by atoms with Crippen LogP contribution in [0.4, 0.5) is 5.69 Å². The lowest BCUT2D eigenvalue weighted by molar-refractivity contribution is 0.475. The zero-order chi connectivity index (χ0) is 16.2. The lowest BCUT2D eigenvalue weighted by atomic mass is 10.2. The topological polar surface area (TPSA) is 78.0 Å². The summed E-state index contributed by atoms with van der Waals surface area (Å²) in [4.78, 5) is 0. The van der Waals surface area contributed by atoms with Gasteiger partial charge in [0.05, 0.1) is 23.9 Å². The van der Waals surface area contributed by atoms with E-state index in [-0.39, 0.29) is 5.75 Å². The van der Waals surface area contributed by atoms with Gasteiger partial charge in [0.1, 0.15) is 18.4 Å². The molecule has 114 valence electrons. The zero-order valence-corrected chi connectivity index (χ0v) is 12.7. The fraction of sp³-hybridized carbons (Fsp3) is 0.0625. The maximum atomic E-state index is 9.48. The Kier molecular flexibility index (Phi) is 4.13. The molecule has 0 atom stereocenters. The van der Waals surface area contributed by atoms with E-state index in [9.17, 15) is 5.11 Å². The molecule has 1 N–H and O–H groups in total. The third-order valence-corrected chi connectivity index (χ3v) is 3.69. The minimum absolute atomic E-state index is 0.118. The summed E-state index contributed by atoms with van der Waals surface area (Å²) in [6, 6.07) is 14.1. The van der Waals surface area contributed by atoms with Crippen molar-refractivity contribution in [3.8, 4) is 11.8 Å². The number of hydrogen-bond donors (Lipinski definition) is 1.